The Labute approximate surface area is 217 Å². The summed E-state index contributed by atoms with van der Waals surface area (Å²) in [5.41, 5.74) is 4.38. The molecule has 0 spiro atoms. The van der Waals surface area contributed by atoms with Gasteiger partial charge in [0.1, 0.15) is 5.52 Å². The number of carboxylic acid groups (broad SMARTS) is 1. The van der Waals surface area contributed by atoms with Gasteiger partial charge in [0, 0.05) is 43.0 Å². The standard InChI is InChI=1S/C28H24N4O6/c1-2-37-28(36)32-13-11-31(12-14-32)21-15-20(29-17-9-7-16(8-10-17)27(34)35)22-23-24(21)30-38-26(23)19-6-4-3-5-18(19)25(22)33/h3-10,15,29H,2,11-14H2,1H3,(H,34,35). The third-order valence-corrected chi connectivity index (χ3v) is 6.94. The van der Waals surface area contributed by atoms with Crippen LogP contribution in [-0.4, -0.2) is 65.8 Å². The van der Waals surface area contributed by atoms with Gasteiger partial charge in [-0.1, -0.05) is 29.4 Å². The van der Waals surface area contributed by atoms with Crippen LogP contribution in [0.3, 0.4) is 0 Å². The zero-order valence-electron chi connectivity index (χ0n) is 20.6. The second-order valence-corrected chi connectivity index (χ2v) is 9.11. The Kier molecular flexibility index (Phi) is 5.71. The lowest BCUT2D eigenvalue weighted by atomic mass is 9.86. The minimum absolute atomic E-state index is 0.148. The zero-order chi connectivity index (χ0) is 26.4. The van der Waals surface area contributed by atoms with Gasteiger partial charge in [0.25, 0.3) is 0 Å². The topological polar surface area (TPSA) is 125 Å². The van der Waals surface area contributed by atoms with Crippen molar-refractivity contribution in [2.75, 3.05) is 43.0 Å². The van der Waals surface area contributed by atoms with Crippen LogP contribution >= 0.6 is 0 Å². The average molecular weight is 513 g/mol. The van der Waals surface area contributed by atoms with E-state index in [4.69, 9.17) is 9.26 Å². The lowest BCUT2D eigenvalue weighted by Crippen LogP contribution is -2.49. The Morgan fingerprint density at radius 1 is 1.05 bits per heavy atom. The Hall–Kier alpha value is -4.86. The van der Waals surface area contributed by atoms with Gasteiger partial charge in [-0.25, -0.2) is 9.59 Å². The van der Waals surface area contributed by atoms with Gasteiger partial charge in [0.15, 0.2) is 11.5 Å². The lowest BCUT2D eigenvalue weighted by Gasteiger charge is -2.36. The van der Waals surface area contributed by atoms with Crippen LogP contribution in [-0.2, 0) is 4.74 Å². The molecule has 38 heavy (non-hydrogen) atoms. The van der Waals surface area contributed by atoms with Crippen molar-refractivity contribution in [1.29, 1.82) is 0 Å². The first-order chi connectivity index (χ1) is 18.5. The normalized spacial score (nSPS) is 14.4. The number of anilines is 3. The molecule has 0 radical (unpaired) electrons. The highest BCUT2D eigenvalue weighted by molar-refractivity contribution is 6.28. The fourth-order valence-electron chi connectivity index (χ4n) is 5.08. The summed E-state index contributed by atoms with van der Waals surface area (Å²) >= 11 is 0. The Morgan fingerprint density at radius 2 is 1.76 bits per heavy atom. The molecule has 192 valence electrons. The first kappa shape index (κ1) is 23.5. The predicted molar refractivity (Wildman–Crippen MR) is 140 cm³/mol. The van der Waals surface area contributed by atoms with E-state index in [2.05, 4.69) is 15.4 Å². The number of ketones is 1. The summed E-state index contributed by atoms with van der Waals surface area (Å²) in [6.45, 7) is 4.16. The fourth-order valence-corrected chi connectivity index (χ4v) is 5.08. The molecule has 2 heterocycles. The molecule has 1 amide bonds. The fraction of sp³-hybridized carbons (Fsp3) is 0.214. The molecule has 2 N–H and O–H groups in total. The molecule has 0 bridgehead atoms. The van der Waals surface area contributed by atoms with E-state index in [0.29, 0.717) is 77.5 Å². The molecule has 0 saturated carbocycles. The Balaban J connectivity index is 1.45. The van der Waals surface area contributed by atoms with E-state index in [1.807, 2.05) is 24.3 Å². The monoisotopic (exact) mass is 512 g/mol. The number of aromatic carboxylic acids is 1. The van der Waals surface area contributed by atoms with Gasteiger partial charge in [-0.3, -0.25) is 4.79 Å². The second-order valence-electron chi connectivity index (χ2n) is 9.11. The van der Waals surface area contributed by atoms with Gasteiger partial charge in [-0.2, -0.15) is 0 Å². The van der Waals surface area contributed by atoms with Gasteiger partial charge < -0.3 is 29.5 Å². The highest BCUT2D eigenvalue weighted by atomic mass is 16.6. The number of aromatic nitrogens is 1. The number of carboxylic acids is 1. The molecular weight excluding hydrogens is 488 g/mol. The molecule has 1 saturated heterocycles. The molecule has 1 aromatic heterocycles. The van der Waals surface area contributed by atoms with Crippen LogP contribution in [0.2, 0.25) is 0 Å². The van der Waals surface area contributed by atoms with Crippen molar-refractivity contribution >= 4 is 45.8 Å². The minimum atomic E-state index is -1.02. The van der Waals surface area contributed by atoms with E-state index in [-0.39, 0.29) is 17.4 Å². The van der Waals surface area contributed by atoms with Crippen molar-refractivity contribution in [2.45, 2.75) is 6.92 Å². The average Bonchev–Trinajstić information content (AvgIpc) is 3.38. The summed E-state index contributed by atoms with van der Waals surface area (Å²) in [4.78, 5) is 41.0. The van der Waals surface area contributed by atoms with Gasteiger partial charge in [0.2, 0.25) is 0 Å². The highest BCUT2D eigenvalue weighted by Gasteiger charge is 2.34. The van der Waals surface area contributed by atoms with Crippen LogP contribution in [0.25, 0.3) is 22.2 Å². The molecule has 1 aliphatic heterocycles. The Bertz CT molecular complexity index is 1590. The van der Waals surface area contributed by atoms with Gasteiger partial charge in [-0.05, 0) is 37.3 Å². The summed E-state index contributed by atoms with van der Waals surface area (Å²) in [5, 5.41) is 17.6. The number of carbonyl (C=O) groups excluding carboxylic acids is 2. The summed E-state index contributed by atoms with van der Waals surface area (Å²) in [6.07, 6.45) is -0.333. The largest absolute Gasteiger partial charge is 0.478 e. The van der Waals surface area contributed by atoms with E-state index in [1.165, 1.54) is 12.1 Å². The number of rotatable bonds is 5. The van der Waals surface area contributed by atoms with Crippen molar-refractivity contribution in [1.82, 2.24) is 10.1 Å². The summed E-state index contributed by atoms with van der Waals surface area (Å²) in [5.74, 6) is -0.635. The highest BCUT2D eigenvalue weighted by Crippen LogP contribution is 2.46. The summed E-state index contributed by atoms with van der Waals surface area (Å²) in [7, 11) is 0. The number of nitrogens with zero attached hydrogens (tertiary/aromatic N) is 3. The molecule has 3 aromatic carbocycles. The molecule has 4 aromatic rings. The van der Waals surface area contributed by atoms with E-state index >= 15 is 0 Å². The SMILES string of the molecule is CCOC(=O)N1CCN(c2cc(Nc3ccc(C(=O)O)cc3)c3c4c(onc24)-c2ccccc2C3=O)CC1. The Morgan fingerprint density at radius 3 is 2.45 bits per heavy atom. The summed E-state index contributed by atoms with van der Waals surface area (Å²) < 4.78 is 11.0. The maximum atomic E-state index is 13.8. The van der Waals surface area contributed by atoms with Crippen LogP contribution in [0.5, 0.6) is 0 Å². The zero-order valence-corrected chi connectivity index (χ0v) is 20.6. The first-order valence-corrected chi connectivity index (χ1v) is 12.3. The molecule has 2 aliphatic rings. The van der Waals surface area contributed by atoms with E-state index < -0.39 is 5.97 Å². The van der Waals surface area contributed by atoms with E-state index in [9.17, 15) is 19.5 Å². The third-order valence-electron chi connectivity index (χ3n) is 6.94. The van der Waals surface area contributed by atoms with Gasteiger partial charge >= 0.3 is 12.1 Å². The molecule has 10 nitrogen and oxygen atoms in total. The number of ether oxygens (including phenoxy) is 1. The number of hydrogen-bond acceptors (Lipinski definition) is 8. The molecule has 1 fully saturated rings. The van der Waals surface area contributed by atoms with E-state index in [1.54, 1.807) is 30.0 Å². The number of hydrogen-bond donors (Lipinski definition) is 2. The van der Waals surface area contributed by atoms with Crippen molar-refractivity contribution in [3.8, 4) is 11.3 Å². The molecular formula is C28H24N4O6. The van der Waals surface area contributed by atoms with Crippen LogP contribution < -0.4 is 10.2 Å². The van der Waals surface area contributed by atoms with Gasteiger partial charge in [-0.15, -0.1) is 0 Å². The van der Waals surface area contributed by atoms with Gasteiger partial charge in [0.05, 0.1) is 34.5 Å². The molecule has 6 rings (SSSR count). The van der Waals surface area contributed by atoms with Crippen molar-refractivity contribution < 1.29 is 28.8 Å². The lowest BCUT2D eigenvalue weighted by molar-refractivity contribution is 0.0696. The molecule has 0 unspecified atom stereocenters. The maximum absolute atomic E-state index is 13.8. The van der Waals surface area contributed by atoms with Crippen LogP contribution in [0.1, 0.15) is 33.2 Å². The number of carbonyl (C=O) groups is 3. The summed E-state index contributed by atoms with van der Waals surface area (Å²) in [6, 6.07) is 15.5. The predicted octanol–water partition coefficient (Wildman–Crippen LogP) is 4.76. The number of piperazine rings is 1. The molecule has 0 atom stereocenters. The molecule has 10 heteroatoms. The van der Waals surface area contributed by atoms with Crippen molar-refractivity contribution in [3.63, 3.8) is 0 Å². The first-order valence-electron chi connectivity index (χ1n) is 12.3. The van der Waals surface area contributed by atoms with Crippen molar-refractivity contribution in [3.05, 3.63) is 71.3 Å². The number of benzene rings is 3. The smallest absolute Gasteiger partial charge is 0.409 e. The van der Waals surface area contributed by atoms with Crippen molar-refractivity contribution in [2.24, 2.45) is 0 Å². The molecule has 1 aliphatic carbocycles. The van der Waals surface area contributed by atoms with Crippen LogP contribution in [0, 0.1) is 0 Å². The van der Waals surface area contributed by atoms with Crippen LogP contribution in [0.4, 0.5) is 21.9 Å². The maximum Gasteiger partial charge on any atom is 0.409 e. The number of nitrogens with one attached hydrogen (secondary N) is 1. The third kappa shape index (κ3) is 3.81. The number of fused-ring (bicyclic) bond motifs is 2. The van der Waals surface area contributed by atoms with E-state index in [0.717, 1.165) is 5.69 Å². The number of amides is 1. The minimum Gasteiger partial charge on any atom is -0.478 e. The second kappa shape index (κ2) is 9.22. The van der Waals surface area contributed by atoms with Crippen LogP contribution in [0.15, 0.2) is 59.1 Å². The quantitative estimate of drug-likeness (QED) is 0.343.